The molecule has 0 amide bonds. The fraction of sp³-hybridized carbons (Fsp3) is 0.333. The second-order valence-corrected chi connectivity index (χ2v) is 4.94. The van der Waals surface area contributed by atoms with Crippen molar-refractivity contribution in [1.82, 2.24) is 5.32 Å². The van der Waals surface area contributed by atoms with Crippen molar-refractivity contribution in [3.05, 3.63) is 59.7 Å². The number of methoxy groups -OCH3 is 1. The molecule has 0 unspecified atom stereocenters. The summed E-state index contributed by atoms with van der Waals surface area (Å²) in [6.07, 6.45) is 1.13. The molecule has 3 nitrogen and oxygen atoms in total. The van der Waals surface area contributed by atoms with Crippen LogP contribution in [0.15, 0.2) is 48.5 Å². The second kappa shape index (κ2) is 8.32. The smallest absolute Gasteiger partial charge is 0.161 e. The van der Waals surface area contributed by atoms with Gasteiger partial charge in [-0.3, -0.25) is 0 Å². The molecule has 1 N–H and O–H groups in total. The Morgan fingerprint density at radius 2 is 1.76 bits per heavy atom. The average molecular weight is 285 g/mol. The van der Waals surface area contributed by atoms with E-state index in [-0.39, 0.29) is 0 Å². The lowest BCUT2D eigenvalue weighted by molar-refractivity contribution is 0.284. The maximum Gasteiger partial charge on any atom is 0.161 e. The van der Waals surface area contributed by atoms with Crippen molar-refractivity contribution in [3.63, 3.8) is 0 Å². The van der Waals surface area contributed by atoms with Crippen LogP contribution in [-0.2, 0) is 13.2 Å². The summed E-state index contributed by atoms with van der Waals surface area (Å²) in [5.74, 6) is 1.56. The van der Waals surface area contributed by atoms with Crippen molar-refractivity contribution in [2.75, 3.05) is 13.7 Å². The summed E-state index contributed by atoms with van der Waals surface area (Å²) < 4.78 is 11.3. The van der Waals surface area contributed by atoms with E-state index in [2.05, 4.69) is 30.4 Å². The third kappa shape index (κ3) is 4.80. The molecule has 112 valence electrons. The summed E-state index contributed by atoms with van der Waals surface area (Å²) in [6, 6.07) is 16.2. The van der Waals surface area contributed by atoms with Crippen LogP contribution in [0.5, 0.6) is 11.5 Å². The molecule has 0 aliphatic rings. The molecule has 3 heteroatoms. The van der Waals surface area contributed by atoms with Crippen LogP contribution in [0.3, 0.4) is 0 Å². The van der Waals surface area contributed by atoms with Gasteiger partial charge in [0.25, 0.3) is 0 Å². The van der Waals surface area contributed by atoms with Gasteiger partial charge in [0.1, 0.15) is 6.61 Å². The molecule has 0 aliphatic carbocycles. The number of hydrogen-bond acceptors (Lipinski definition) is 3. The second-order valence-electron chi connectivity index (χ2n) is 4.94. The zero-order chi connectivity index (χ0) is 14.9. The molecule has 21 heavy (non-hydrogen) atoms. The molecule has 0 radical (unpaired) electrons. The monoisotopic (exact) mass is 285 g/mol. The van der Waals surface area contributed by atoms with Crippen molar-refractivity contribution in [2.24, 2.45) is 0 Å². The maximum absolute atomic E-state index is 5.91. The van der Waals surface area contributed by atoms with Crippen LogP contribution in [0.2, 0.25) is 0 Å². The molecule has 0 heterocycles. The molecule has 2 rings (SSSR count). The Bertz CT molecular complexity index is 540. The minimum Gasteiger partial charge on any atom is -0.493 e. The summed E-state index contributed by atoms with van der Waals surface area (Å²) in [7, 11) is 1.67. The third-order valence-electron chi connectivity index (χ3n) is 3.22. The normalized spacial score (nSPS) is 10.4. The van der Waals surface area contributed by atoms with Crippen molar-refractivity contribution >= 4 is 0 Å². The summed E-state index contributed by atoms with van der Waals surface area (Å²) in [6.45, 7) is 4.57. The fourth-order valence-corrected chi connectivity index (χ4v) is 2.09. The van der Waals surface area contributed by atoms with Crippen LogP contribution in [0, 0.1) is 0 Å². The lowest BCUT2D eigenvalue weighted by Crippen LogP contribution is -2.13. The highest BCUT2D eigenvalue weighted by Gasteiger charge is 2.06. The van der Waals surface area contributed by atoms with Gasteiger partial charge in [0.05, 0.1) is 7.11 Å². The van der Waals surface area contributed by atoms with Gasteiger partial charge in [0, 0.05) is 6.54 Å². The first kappa shape index (κ1) is 15.4. The van der Waals surface area contributed by atoms with Crippen LogP contribution >= 0.6 is 0 Å². The topological polar surface area (TPSA) is 30.5 Å². The lowest BCUT2D eigenvalue weighted by atomic mass is 10.2. The van der Waals surface area contributed by atoms with Crippen molar-refractivity contribution < 1.29 is 9.47 Å². The van der Waals surface area contributed by atoms with E-state index in [4.69, 9.17) is 9.47 Å². The predicted octanol–water partition coefficient (Wildman–Crippen LogP) is 3.77. The standard InChI is InChI=1S/C18H23NO2/c1-3-11-19-13-16-9-10-17(20-2)18(12-16)21-14-15-7-5-4-6-8-15/h4-10,12,19H,3,11,13-14H2,1-2H3. The highest BCUT2D eigenvalue weighted by Crippen LogP contribution is 2.28. The molecule has 0 fully saturated rings. The molecule has 2 aromatic carbocycles. The molecule has 0 saturated heterocycles. The highest BCUT2D eigenvalue weighted by molar-refractivity contribution is 5.43. The minimum atomic E-state index is 0.545. The van der Waals surface area contributed by atoms with E-state index in [0.717, 1.165) is 36.6 Å². The van der Waals surface area contributed by atoms with Gasteiger partial charge >= 0.3 is 0 Å². The fourth-order valence-electron chi connectivity index (χ4n) is 2.09. The van der Waals surface area contributed by atoms with Crippen molar-refractivity contribution in [1.29, 1.82) is 0 Å². The maximum atomic E-state index is 5.91. The summed E-state index contributed by atoms with van der Waals surface area (Å²) in [5, 5.41) is 3.39. The first-order chi connectivity index (χ1) is 10.3. The number of ether oxygens (including phenoxy) is 2. The molecule has 0 aliphatic heterocycles. The molecule has 0 saturated carbocycles. The van der Waals surface area contributed by atoms with Gasteiger partial charge in [-0.1, -0.05) is 43.3 Å². The Labute approximate surface area is 126 Å². The Balaban J connectivity index is 2.03. The zero-order valence-corrected chi connectivity index (χ0v) is 12.8. The van der Waals surface area contributed by atoms with Crippen LogP contribution < -0.4 is 14.8 Å². The predicted molar refractivity (Wildman–Crippen MR) is 85.8 cm³/mol. The van der Waals surface area contributed by atoms with Crippen molar-refractivity contribution in [3.8, 4) is 11.5 Å². The molecule has 0 spiro atoms. The lowest BCUT2D eigenvalue weighted by Gasteiger charge is -2.13. The van der Waals surface area contributed by atoms with Crippen LogP contribution in [-0.4, -0.2) is 13.7 Å². The van der Waals surface area contributed by atoms with E-state index in [1.165, 1.54) is 5.56 Å². The third-order valence-corrected chi connectivity index (χ3v) is 3.22. The molecule has 0 bridgehead atoms. The summed E-state index contributed by atoms with van der Waals surface area (Å²) in [4.78, 5) is 0. The van der Waals surface area contributed by atoms with Crippen LogP contribution in [0.4, 0.5) is 0 Å². The summed E-state index contributed by atoms with van der Waals surface area (Å²) >= 11 is 0. The van der Waals surface area contributed by atoms with Gasteiger partial charge in [0.2, 0.25) is 0 Å². The van der Waals surface area contributed by atoms with E-state index in [1.807, 2.05) is 30.3 Å². The quantitative estimate of drug-likeness (QED) is 0.749. The first-order valence-corrected chi connectivity index (χ1v) is 7.38. The Morgan fingerprint density at radius 3 is 2.48 bits per heavy atom. The van der Waals surface area contributed by atoms with Gasteiger partial charge in [-0.25, -0.2) is 0 Å². The van der Waals surface area contributed by atoms with E-state index in [0.29, 0.717) is 6.61 Å². The van der Waals surface area contributed by atoms with E-state index in [1.54, 1.807) is 7.11 Å². The molecule has 0 atom stereocenters. The molecule has 0 aromatic heterocycles. The van der Waals surface area contributed by atoms with Crippen LogP contribution in [0.25, 0.3) is 0 Å². The Hall–Kier alpha value is -2.00. The molecular weight excluding hydrogens is 262 g/mol. The van der Waals surface area contributed by atoms with Gasteiger partial charge in [0.15, 0.2) is 11.5 Å². The number of benzene rings is 2. The zero-order valence-electron chi connectivity index (χ0n) is 12.8. The van der Waals surface area contributed by atoms with E-state index in [9.17, 15) is 0 Å². The highest BCUT2D eigenvalue weighted by atomic mass is 16.5. The number of nitrogens with one attached hydrogen (secondary N) is 1. The number of hydrogen-bond donors (Lipinski definition) is 1. The van der Waals surface area contributed by atoms with Gasteiger partial charge in [-0.2, -0.15) is 0 Å². The van der Waals surface area contributed by atoms with Gasteiger partial charge in [-0.15, -0.1) is 0 Å². The summed E-state index contributed by atoms with van der Waals surface area (Å²) in [5.41, 5.74) is 2.35. The first-order valence-electron chi connectivity index (χ1n) is 7.38. The van der Waals surface area contributed by atoms with E-state index < -0.39 is 0 Å². The van der Waals surface area contributed by atoms with Crippen LogP contribution in [0.1, 0.15) is 24.5 Å². The SMILES string of the molecule is CCCNCc1ccc(OC)c(OCc2ccccc2)c1. The van der Waals surface area contributed by atoms with Gasteiger partial charge < -0.3 is 14.8 Å². The Morgan fingerprint density at radius 1 is 0.952 bits per heavy atom. The largest absolute Gasteiger partial charge is 0.493 e. The van der Waals surface area contributed by atoms with Gasteiger partial charge in [-0.05, 0) is 36.2 Å². The van der Waals surface area contributed by atoms with E-state index >= 15 is 0 Å². The number of rotatable bonds is 8. The molecule has 2 aromatic rings. The van der Waals surface area contributed by atoms with Crippen molar-refractivity contribution in [2.45, 2.75) is 26.5 Å². The molecular formula is C18H23NO2. The minimum absolute atomic E-state index is 0.545. The Kier molecular flexibility index (Phi) is 6.10. The average Bonchev–Trinajstić information content (AvgIpc) is 2.54.